The third-order valence-corrected chi connectivity index (χ3v) is 5.55. The fourth-order valence-electron chi connectivity index (χ4n) is 3.25. The van der Waals surface area contributed by atoms with Gasteiger partial charge in [0, 0.05) is 47.5 Å². The van der Waals surface area contributed by atoms with E-state index in [9.17, 15) is 24.3 Å². The first-order valence-corrected chi connectivity index (χ1v) is 11.3. The number of phosphoric acid groups is 1. The van der Waals surface area contributed by atoms with Crippen molar-refractivity contribution in [1.29, 1.82) is 0 Å². The molecular formula is C21H33NaO7P. The van der Waals surface area contributed by atoms with Crippen LogP contribution in [0, 0.1) is 17.8 Å². The number of rotatable bonds is 11. The molecule has 0 aromatic rings. The van der Waals surface area contributed by atoms with E-state index in [2.05, 4.69) is 0 Å². The first kappa shape index (κ1) is 29.5. The Hall–Kier alpha value is -0.500. The minimum Gasteiger partial charge on any atom is -0.458 e. The summed E-state index contributed by atoms with van der Waals surface area (Å²) < 4.78 is 21.8. The summed E-state index contributed by atoms with van der Waals surface area (Å²) in [5, 5.41) is 10.4. The topological polar surface area (TPSA) is 113 Å². The Balaban J connectivity index is 0.00000841. The van der Waals surface area contributed by atoms with Crippen LogP contribution >= 0.6 is 7.82 Å². The summed E-state index contributed by atoms with van der Waals surface area (Å²) in [4.78, 5) is 30.1. The molecule has 0 saturated heterocycles. The van der Waals surface area contributed by atoms with Crippen LogP contribution in [0.25, 0.3) is 0 Å². The van der Waals surface area contributed by atoms with Gasteiger partial charge in [-0.2, -0.15) is 0 Å². The molecule has 0 bridgehead atoms. The van der Waals surface area contributed by atoms with Crippen molar-refractivity contribution in [3.8, 4) is 0 Å². The predicted molar refractivity (Wildman–Crippen MR) is 118 cm³/mol. The van der Waals surface area contributed by atoms with Crippen molar-refractivity contribution < 1.29 is 33.5 Å². The first-order valence-electron chi connectivity index (χ1n) is 9.82. The van der Waals surface area contributed by atoms with Gasteiger partial charge in [-0.1, -0.05) is 63.3 Å². The average molecular weight is 451 g/mol. The Morgan fingerprint density at radius 3 is 2.43 bits per heavy atom. The molecule has 0 aliphatic carbocycles. The number of carbonyl (C=O) groups excluding carboxylic acids is 1. The van der Waals surface area contributed by atoms with Crippen molar-refractivity contribution in [3.05, 3.63) is 48.6 Å². The molecule has 0 unspecified atom stereocenters. The van der Waals surface area contributed by atoms with Crippen molar-refractivity contribution in [3.63, 3.8) is 0 Å². The molecular weight excluding hydrogens is 418 g/mol. The number of allylic oxidation sites excluding steroid dienone is 5. The van der Waals surface area contributed by atoms with Crippen LogP contribution in [0.15, 0.2) is 48.6 Å². The monoisotopic (exact) mass is 451 g/mol. The van der Waals surface area contributed by atoms with E-state index in [1.165, 1.54) is 6.08 Å². The molecule has 1 rings (SSSR count). The minimum atomic E-state index is -4.73. The van der Waals surface area contributed by atoms with Crippen LogP contribution in [-0.4, -0.2) is 68.7 Å². The Kier molecular flexibility index (Phi) is 14.3. The molecule has 1 aliphatic rings. The number of hydrogen-bond donors (Lipinski definition) is 3. The zero-order chi connectivity index (χ0) is 22.0. The number of ether oxygens (including phenoxy) is 1. The van der Waals surface area contributed by atoms with Gasteiger partial charge >= 0.3 is 13.8 Å². The van der Waals surface area contributed by atoms with E-state index in [0.717, 1.165) is 0 Å². The van der Waals surface area contributed by atoms with Crippen LogP contribution < -0.4 is 0 Å². The van der Waals surface area contributed by atoms with E-state index in [-0.39, 0.29) is 53.5 Å². The van der Waals surface area contributed by atoms with Crippen molar-refractivity contribution in [2.75, 3.05) is 0 Å². The van der Waals surface area contributed by atoms with Crippen molar-refractivity contribution in [1.82, 2.24) is 0 Å². The molecule has 0 spiro atoms. The number of phosphoric ester groups is 1. The SMILES string of the molecule is C/C=C/C=C\C=C/[C@H](O)[C@H](C)[C@H](CC[C@H](C)[C@@H]1OC(=O)C=C[C@@H]1C)OP(=O)(O)O.[Na]. The molecule has 1 heterocycles. The Morgan fingerprint density at radius 1 is 1.20 bits per heavy atom. The summed E-state index contributed by atoms with van der Waals surface area (Å²) in [6.07, 6.45) is 12.4. The van der Waals surface area contributed by atoms with Crippen LogP contribution in [0.5, 0.6) is 0 Å². The molecule has 1 aliphatic heterocycles. The normalized spacial score (nSPS) is 24.0. The van der Waals surface area contributed by atoms with Gasteiger partial charge in [0.25, 0.3) is 0 Å². The van der Waals surface area contributed by atoms with E-state index in [1.807, 2.05) is 32.9 Å². The molecule has 3 N–H and O–H groups in total. The van der Waals surface area contributed by atoms with Gasteiger partial charge in [0.15, 0.2) is 0 Å². The minimum absolute atomic E-state index is 0. The van der Waals surface area contributed by atoms with Gasteiger partial charge in [0.05, 0.1) is 12.2 Å². The quantitative estimate of drug-likeness (QED) is 0.191. The maximum absolute atomic E-state index is 11.5. The van der Waals surface area contributed by atoms with Crippen LogP contribution in [0.3, 0.4) is 0 Å². The van der Waals surface area contributed by atoms with Crippen molar-refractivity contribution in [2.24, 2.45) is 17.8 Å². The molecule has 7 nitrogen and oxygen atoms in total. The Bertz CT molecular complexity index is 683. The Morgan fingerprint density at radius 2 is 1.83 bits per heavy atom. The molecule has 9 heteroatoms. The average Bonchev–Trinajstić information content (AvgIpc) is 2.64. The van der Waals surface area contributed by atoms with Crippen LogP contribution in [0.4, 0.5) is 0 Å². The molecule has 6 atom stereocenters. The van der Waals surface area contributed by atoms with Crippen molar-refractivity contribution >= 4 is 43.3 Å². The maximum atomic E-state index is 11.5. The summed E-state index contributed by atoms with van der Waals surface area (Å²) >= 11 is 0. The molecule has 1 radical (unpaired) electrons. The second kappa shape index (κ2) is 14.5. The van der Waals surface area contributed by atoms with Gasteiger partial charge in [-0.05, 0) is 25.7 Å². The standard InChI is InChI=1S/C21H33O7P.Na/c1-5-6-7-8-9-10-18(22)17(4)19(28-29(24,25)26)13-11-15(2)21-16(3)12-14-20(23)27-21;/h5-10,12,14-19,21-22H,11,13H2,1-4H3,(H2,24,25,26);/b6-5+,8-7-,10-9-;/t15-,16-,17-,18-,19-,21-;/m0./s1. The zero-order valence-electron chi connectivity index (χ0n) is 18.4. The zero-order valence-corrected chi connectivity index (χ0v) is 21.3. The van der Waals surface area contributed by atoms with Gasteiger partial charge in [-0.15, -0.1) is 0 Å². The van der Waals surface area contributed by atoms with Gasteiger partial charge in [-0.3, -0.25) is 4.52 Å². The molecule has 0 fully saturated rings. The third kappa shape index (κ3) is 11.2. The van der Waals surface area contributed by atoms with E-state index >= 15 is 0 Å². The second-order valence-electron chi connectivity index (χ2n) is 7.45. The van der Waals surface area contributed by atoms with Gasteiger partial charge < -0.3 is 19.6 Å². The smallest absolute Gasteiger partial charge is 0.458 e. The molecule has 0 saturated carbocycles. The number of carbonyl (C=O) groups is 1. The third-order valence-electron chi connectivity index (χ3n) is 5.01. The summed E-state index contributed by atoms with van der Waals surface area (Å²) in [7, 11) is -4.73. The molecule has 0 aromatic heterocycles. The molecule has 0 amide bonds. The number of cyclic esters (lactones) is 1. The Labute approximate surface area is 201 Å². The van der Waals surface area contributed by atoms with E-state index in [4.69, 9.17) is 9.26 Å². The van der Waals surface area contributed by atoms with E-state index in [0.29, 0.717) is 12.8 Å². The predicted octanol–water partition coefficient (Wildman–Crippen LogP) is 3.30. The molecule has 165 valence electrons. The summed E-state index contributed by atoms with van der Waals surface area (Å²) in [6, 6.07) is 0. The summed E-state index contributed by atoms with van der Waals surface area (Å²) in [5.74, 6) is -0.917. The largest absolute Gasteiger partial charge is 0.469 e. The number of esters is 1. The van der Waals surface area contributed by atoms with Crippen LogP contribution in [0.2, 0.25) is 0 Å². The van der Waals surface area contributed by atoms with Crippen molar-refractivity contribution in [2.45, 2.75) is 58.8 Å². The molecule has 0 aromatic carbocycles. The maximum Gasteiger partial charge on any atom is 0.469 e. The van der Waals surface area contributed by atoms with Crippen LogP contribution in [0.1, 0.15) is 40.5 Å². The van der Waals surface area contributed by atoms with E-state index < -0.39 is 25.9 Å². The summed E-state index contributed by atoms with van der Waals surface area (Å²) in [6.45, 7) is 7.45. The molecule has 30 heavy (non-hydrogen) atoms. The summed E-state index contributed by atoms with van der Waals surface area (Å²) in [5.41, 5.74) is 0. The van der Waals surface area contributed by atoms with Crippen LogP contribution in [-0.2, 0) is 18.6 Å². The first-order chi connectivity index (χ1) is 13.5. The number of aliphatic hydroxyl groups is 1. The van der Waals surface area contributed by atoms with E-state index in [1.54, 1.807) is 37.3 Å². The van der Waals surface area contributed by atoms with Gasteiger partial charge in [0.2, 0.25) is 0 Å². The number of aliphatic hydroxyl groups excluding tert-OH is 1. The number of hydrogen-bond acceptors (Lipinski definition) is 5. The van der Waals surface area contributed by atoms with Gasteiger partial charge in [0.1, 0.15) is 6.10 Å². The second-order valence-corrected chi connectivity index (χ2v) is 8.65. The fraction of sp³-hybridized carbons (Fsp3) is 0.571. The fourth-order valence-corrected chi connectivity index (χ4v) is 3.90. The van der Waals surface area contributed by atoms with Gasteiger partial charge in [-0.25, -0.2) is 9.36 Å².